The number of benzene rings is 2. The molecule has 2 heterocycles. The van der Waals surface area contributed by atoms with Crippen molar-refractivity contribution in [1.29, 1.82) is 5.26 Å². The molecule has 1 fully saturated rings. The number of nitriles is 1. The topological polar surface area (TPSA) is 103 Å². The summed E-state index contributed by atoms with van der Waals surface area (Å²) in [5.41, 5.74) is 3.23. The number of piperidine rings is 1. The van der Waals surface area contributed by atoms with Crippen LogP contribution in [0.4, 0.5) is 5.95 Å². The molecule has 0 spiro atoms. The van der Waals surface area contributed by atoms with Gasteiger partial charge in [-0.3, -0.25) is 14.9 Å². The molecule has 1 saturated heterocycles. The molecule has 4 rings (SSSR count). The van der Waals surface area contributed by atoms with Gasteiger partial charge < -0.3 is 14.8 Å². The molecule has 0 aliphatic carbocycles. The van der Waals surface area contributed by atoms with Gasteiger partial charge >= 0.3 is 0 Å². The number of carbonyl (C=O) groups is 2. The van der Waals surface area contributed by atoms with Crippen LogP contribution in [-0.2, 0) is 11.3 Å². The van der Waals surface area contributed by atoms with E-state index in [-0.39, 0.29) is 28.8 Å². The molecule has 9 heteroatoms. The van der Waals surface area contributed by atoms with E-state index in [0.29, 0.717) is 42.2 Å². The van der Waals surface area contributed by atoms with Gasteiger partial charge in [0.15, 0.2) is 0 Å². The van der Waals surface area contributed by atoms with Gasteiger partial charge in [-0.05, 0) is 67.1 Å². The Morgan fingerprint density at radius 1 is 1.23 bits per heavy atom. The summed E-state index contributed by atoms with van der Waals surface area (Å²) in [5.74, 6) is -0.248. The van der Waals surface area contributed by atoms with Gasteiger partial charge in [0, 0.05) is 36.3 Å². The van der Waals surface area contributed by atoms with E-state index in [1.165, 1.54) is 0 Å². The number of hydrogen-bond acceptors (Lipinski definition) is 5. The van der Waals surface area contributed by atoms with Crippen molar-refractivity contribution in [3.05, 3.63) is 70.8 Å². The molecule has 8 nitrogen and oxygen atoms in total. The second-order valence-electron chi connectivity index (χ2n) is 11.2. The molecule has 0 radical (unpaired) electrons. The summed E-state index contributed by atoms with van der Waals surface area (Å²) in [6.07, 6.45) is 1.55. The van der Waals surface area contributed by atoms with Crippen LogP contribution in [0.2, 0.25) is 5.02 Å². The average molecular weight is 547 g/mol. The number of likely N-dealkylation sites (tertiary alicyclic amines) is 1. The standard InChI is InChI=1S/C30H35ClN6O2/c1-19(16-32)28(39)36-14-6-7-24(18-36)37-26-13-8-21(17-33-20(2)30(3,4)5)15-25(26)34-29(37)35-27(38)22-9-11-23(31)12-10-22/h8-13,15,20,24,33H,1,6-7,14,17-18H2,2-5H3,(H,34,35,38)/t20-,24?/m0/s1. The smallest absolute Gasteiger partial charge is 0.263 e. The Morgan fingerprint density at radius 2 is 1.95 bits per heavy atom. The van der Waals surface area contributed by atoms with E-state index in [0.717, 1.165) is 29.4 Å². The summed E-state index contributed by atoms with van der Waals surface area (Å²) >= 11 is 6.00. The Kier molecular flexibility index (Phi) is 8.43. The van der Waals surface area contributed by atoms with Crippen molar-refractivity contribution in [2.24, 2.45) is 5.41 Å². The van der Waals surface area contributed by atoms with Crippen molar-refractivity contribution in [3.63, 3.8) is 0 Å². The molecule has 2 amide bonds. The van der Waals surface area contributed by atoms with Gasteiger partial charge in [0.2, 0.25) is 5.95 Å². The van der Waals surface area contributed by atoms with Crippen molar-refractivity contribution in [2.45, 2.75) is 59.2 Å². The van der Waals surface area contributed by atoms with Gasteiger partial charge in [0.25, 0.3) is 11.8 Å². The van der Waals surface area contributed by atoms with E-state index in [2.05, 4.69) is 51.0 Å². The molecule has 1 aliphatic heterocycles. The molecule has 0 saturated carbocycles. The lowest BCUT2D eigenvalue weighted by Crippen LogP contribution is -2.41. The molecule has 2 N–H and O–H groups in total. The van der Waals surface area contributed by atoms with Gasteiger partial charge in [-0.25, -0.2) is 4.98 Å². The largest absolute Gasteiger partial charge is 0.336 e. The van der Waals surface area contributed by atoms with E-state index in [9.17, 15) is 14.9 Å². The third-order valence-corrected chi connectivity index (χ3v) is 7.69. The number of nitrogens with zero attached hydrogens (tertiary/aromatic N) is 4. The molecule has 1 aromatic heterocycles. The van der Waals surface area contributed by atoms with E-state index >= 15 is 0 Å². The Balaban J connectivity index is 1.68. The average Bonchev–Trinajstić information content (AvgIpc) is 3.27. The molecule has 2 atom stereocenters. The van der Waals surface area contributed by atoms with Crippen LogP contribution in [0.3, 0.4) is 0 Å². The van der Waals surface area contributed by atoms with E-state index in [4.69, 9.17) is 16.6 Å². The first kappa shape index (κ1) is 28.3. The van der Waals surface area contributed by atoms with Crippen molar-refractivity contribution < 1.29 is 9.59 Å². The number of rotatable bonds is 7. The van der Waals surface area contributed by atoms with Crippen LogP contribution in [0, 0.1) is 16.7 Å². The number of hydrogen-bond donors (Lipinski definition) is 2. The zero-order valence-corrected chi connectivity index (χ0v) is 23.7. The highest BCUT2D eigenvalue weighted by atomic mass is 35.5. The van der Waals surface area contributed by atoms with Crippen molar-refractivity contribution >= 4 is 40.4 Å². The van der Waals surface area contributed by atoms with Gasteiger partial charge in [-0.15, -0.1) is 0 Å². The third kappa shape index (κ3) is 6.49. The monoisotopic (exact) mass is 546 g/mol. The second-order valence-corrected chi connectivity index (χ2v) is 11.6. The summed E-state index contributed by atoms with van der Waals surface area (Å²) < 4.78 is 2.01. The van der Waals surface area contributed by atoms with Crippen LogP contribution in [0.25, 0.3) is 11.0 Å². The minimum absolute atomic E-state index is 0.0796. The quantitative estimate of drug-likeness (QED) is 0.292. The number of carbonyl (C=O) groups excluding carboxylic acids is 2. The van der Waals surface area contributed by atoms with Gasteiger partial charge in [-0.2, -0.15) is 5.26 Å². The lowest BCUT2D eigenvalue weighted by Gasteiger charge is -2.34. The number of halogens is 1. The normalized spacial score (nSPS) is 16.5. The highest BCUT2D eigenvalue weighted by molar-refractivity contribution is 6.30. The molecule has 3 aromatic rings. The maximum Gasteiger partial charge on any atom is 0.263 e. The Hall–Kier alpha value is -3.67. The SMILES string of the molecule is C=C(C#N)C(=O)N1CCCC(n2c(NC(=O)c3ccc(Cl)cc3)nc3cc(CN[C@@H](C)C(C)(C)C)ccc32)C1. The number of aromatic nitrogens is 2. The number of anilines is 1. The van der Waals surface area contributed by atoms with Crippen LogP contribution in [0.15, 0.2) is 54.6 Å². The lowest BCUT2D eigenvalue weighted by molar-refractivity contribution is -0.128. The zero-order valence-electron chi connectivity index (χ0n) is 22.9. The summed E-state index contributed by atoms with van der Waals surface area (Å²) in [6.45, 7) is 14.0. The molecule has 39 heavy (non-hydrogen) atoms. The second kappa shape index (κ2) is 11.6. The summed E-state index contributed by atoms with van der Waals surface area (Å²) in [5, 5.41) is 16.3. The van der Waals surface area contributed by atoms with E-state index < -0.39 is 0 Å². The van der Waals surface area contributed by atoms with Gasteiger partial charge in [-0.1, -0.05) is 45.0 Å². The van der Waals surface area contributed by atoms with Gasteiger partial charge in [0.1, 0.15) is 11.6 Å². The fraction of sp³-hybridized carbons (Fsp3) is 0.400. The van der Waals surface area contributed by atoms with Crippen molar-refractivity contribution in [2.75, 3.05) is 18.4 Å². The van der Waals surface area contributed by atoms with Crippen molar-refractivity contribution in [1.82, 2.24) is 19.8 Å². The maximum atomic E-state index is 13.1. The minimum atomic E-state index is -0.361. The number of amides is 2. The molecular weight excluding hydrogens is 512 g/mol. The molecule has 1 aliphatic rings. The van der Waals surface area contributed by atoms with Crippen LogP contribution < -0.4 is 10.6 Å². The first-order valence-corrected chi connectivity index (χ1v) is 13.5. The summed E-state index contributed by atoms with van der Waals surface area (Å²) in [4.78, 5) is 32.4. The highest BCUT2D eigenvalue weighted by Crippen LogP contribution is 2.32. The Morgan fingerprint density at radius 3 is 2.62 bits per heavy atom. The number of imidazole rings is 1. The molecule has 0 bridgehead atoms. The molecular formula is C30H35ClN6O2. The Bertz CT molecular complexity index is 1430. The predicted molar refractivity (Wildman–Crippen MR) is 154 cm³/mol. The summed E-state index contributed by atoms with van der Waals surface area (Å²) in [6, 6.07) is 14.8. The summed E-state index contributed by atoms with van der Waals surface area (Å²) in [7, 11) is 0. The van der Waals surface area contributed by atoms with Gasteiger partial charge in [0.05, 0.1) is 17.1 Å². The van der Waals surface area contributed by atoms with Crippen LogP contribution in [0.1, 0.15) is 62.5 Å². The van der Waals surface area contributed by atoms with Crippen LogP contribution in [-0.4, -0.2) is 45.4 Å². The molecule has 2 aromatic carbocycles. The number of fused-ring (bicyclic) bond motifs is 1. The fourth-order valence-electron chi connectivity index (χ4n) is 4.65. The third-order valence-electron chi connectivity index (χ3n) is 7.44. The zero-order chi connectivity index (χ0) is 28.3. The lowest BCUT2D eigenvalue weighted by atomic mass is 9.88. The highest BCUT2D eigenvalue weighted by Gasteiger charge is 2.29. The first-order chi connectivity index (χ1) is 18.5. The first-order valence-electron chi connectivity index (χ1n) is 13.2. The van der Waals surface area contributed by atoms with Crippen molar-refractivity contribution in [3.8, 4) is 6.07 Å². The molecule has 1 unspecified atom stereocenters. The predicted octanol–water partition coefficient (Wildman–Crippen LogP) is 5.71. The minimum Gasteiger partial charge on any atom is -0.336 e. The van der Waals surface area contributed by atoms with E-state index in [1.807, 2.05) is 22.8 Å². The van der Waals surface area contributed by atoms with Crippen LogP contribution >= 0.6 is 11.6 Å². The fourth-order valence-corrected chi connectivity index (χ4v) is 4.78. The van der Waals surface area contributed by atoms with Crippen LogP contribution in [0.5, 0.6) is 0 Å². The molecule has 204 valence electrons. The number of nitrogens with one attached hydrogen (secondary N) is 2. The van der Waals surface area contributed by atoms with E-state index in [1.54, 1.807) is 29.2 Å². The maximum absolute atomic E-state index is 13.1. The Labute approximate surface area is 234 Å².